The highest BCUT2D eigenvalue weighted by Crippen LogP contribution is 2.12. The SMILES string of the molecule is CSc1ncc(C(=O)N2CCN(Cc3ncccc3C)CC2)c(=O)[nH]1. The second kappa shape index (κ2) is 7.79. The fourth-order valence-electron chi connectivity index (χ4n) is 2.81. The summed E-state index contributed by atoms with van der Waals surface area (Å²) >= 11 is 1.34. The van der Waals surface area contributed by atoms with Crippen LogP contribution in [0.2, 0.25) is 0 Å². The molecule has 1 N–H and O–H groups in total. The Kier molecular flexibility index (Phi) is 5.50. The van der Waals surface area contributed by atoms with E-state index >= 15 is 0 Å². The number of aromatic amines is 1. The van der Waals surface area contributed by atoms with Gasteiger partial charge in [-0.05, 0) is 24.8 Å². The second-order valence-electron chi connectivity index (χ2n) is 5.97. The van der Waals surface area contributed by atoms with Crippen LogP contribution in [-0.4, -0.2) is 63.1 Å². The number of rotatable bonds is 4. The predicted octanol–water partition coefficient (Wildman–Crippen LogP) is 1.15. The molecule has 25 heavy (non-hydrogen) atoms. The van der Waals surface area contributed by atoms with Crippen molar-refractivity contribution in [2.24, 2.45) is 0 Å². The van der Waals surface area contributed by atoms with Gasteiger partial charge >= 0.3 is 0 Å². The summed E-state index contributed by atoms with van der Waals surface area (Å²) in [5.41, 5.74) is 1.96. The molecule has 0 bridgehead atoms. The largest absolute Gasteiger partial charge is 0.336 e. The topological polar surface area (TPSA) is 82.2 Å². The molecule has 0 aliphatic carbocycles. The van der Waals surface area contributed by atoms with E-state index in [-0.39, 0.29) is 17.0 Å². The summed E-state index contributed by atoms with van der Waals surface area (Å²) in [6, 6.07) is 3.99. The van der Waals surface area contributed by atoms with Crippen LogP contribution in [-0.2, 0) is 6.54 Å². The van der Waals surface area contributed by atoms with Gasteiger partial charge in [-0.25, -0.2) is 4.98 Å². The molecular formula is C17H21N5O2S. The van der Waals surface area contributed by atoms with Crippen LogP contribution in [0.4, 0.5) is 0 Å². The number of aromatic nitrogens is 3. The maximum Gasteiger partial charge on any atom is 0.264 e. The van der Waals surface area contributed by atoms with Crippen molar-refractivity contribution in [2.75, 3.05) is 32.4 Å². The fourth-order valence-corrected chi connectivity index (χ4v) is 3.16. The van der Waals surface area contributed by atoms with Crippen LogP contribution >= 0.6 is 11.8 Å². The quantitative estimate of drug-likeness (QED) is 0.651. The maximum absolute atomic E-state index is 12.6. The van der Waals surface area contributed by atoms with Crippen LogP contribution in [0.3, 0.4) is 0 Å². The number of nitrogens with zero attached hydrogens (tertiary/aromatic N) is 4. The third-order valence-corrected chi connectivity index (χ3v) is 4.94. The number of H-pyrrole nitrogens is 1. The molecule has 3 rings (SSSR count). The first-order valence-corrected chi connectivity index (χ1v) is 9.36. The standard InChI is InChI=1S/C17H21N5O2S/c1-12-4-3-5-18-14(12)11-21-6-8-22(9-7-21)16(24)13-10-19-17(25-2)20-15(13)23/h3-5,10H,6-9,11H2,1-2H3,(H,19,20,23). The van der Waals surface area contributed by atoms with E-state index < -0.39 is 0 Å². The zero-order chi connectivity index (χ0) is 17.8. The lowest BCUT2D eigenvalue weighted by molar-refractivity contribution is 0.0624. The van der Waals surface area contributed by atoms with Gasteiger partial charge in [0.05, 0.1) is 5.69 Å². The highest BCUT2D eigenvalue weighted by Gasteiger charge is 2.24. The van der Waals surface area contributed by atoms with Gasteiger partial charge in [-0.3, -0.25) is 19.5 Å². The predicted molar refractivity (Wildman–Crippen MR) is 96.8 cm³/mol. The summed E-state index contributed by atoms with van der Waals surface area (Å²) in [5, 5.41) is 0.511. The molecule has 1 amide bonds. The molecule has 0 atom stereocenters. The number of aryl methyl sites for hydroxylation is 1. The Labute approximate surface area is 150 Å². The van der Waals surface area contributed by atoms with E-state index in [4.69, 9.17) is 0 Å². The molecular weight excluding hydrogens is 338 g/mol. The molecule has 132 valence electrons. The molecule has 1 fully saturated rings. The van der Waals surface area contributed by atoms with Gasteiger partial charge in [-0.15, -0.1) is 0 Å². The maximum atomic E-state index is 12.6. The fraction of sp³-hybridized carbons (Fsp3) is 0.412. The van der Waals surface area contributed by atoms with Crippen LogP contribution in [0.15, 0.2) is 34.5 Å². The highest BCUT2D eigenvalue weighted by atomic mass is 32.2. The Morgan fingerprint density at radius 3 is 2.68 bits per heavy atom. The van der Waals surface area contributed by atoms with E-state index in [9.17, 15) is 9.59 Å². The van der Waals surface area contributed by atoms with Crippen molar-refractivity contribution >= 4 is 17.7 Å². The van der Waals surface area contributed by atoms with Crippen molar-refractivity contribution in [1.29, 1.82) is 0 Å². The van der Waals surface area contributed by atoms with Crippen LogP contribution in [0, 0.1) is 6.92 Å². The normalized spacial score (nSPS) is 15.4. The van der Waals surface area contributed by atoms with E-state index in [1.165, 1.54) is 23.5 Å². The number of carbonyl (C=O) groups excluding carboxylic acids is 1. The lowest BCUT2D eigenvalue weighted by atomic mass is 10.2. The first kappa shape index (κ1) is 17.6. The first-order valence-electron chi connectivity index (χ1n) is 8.14. The monoisotopic (exact) mass is 359 g/mol. The summed E-state index contributed by atoms with van der Waals surface area (Å²) in [7, 11) is 0. The Bertz CT molecular complexity index is 815. The van der Waals surface area contributed by atoms with Crippen LogP contribution in [0.1, 0.15) is 21.6 Å². The van der Waals surface area contributed by atoms with Crippen LogP contribution in [0.25, 0.3) is 0 Å². The van der Waals surface area contributed by atoms with Crippen LogP contribution in [0.5, 0.6) is 0 Å². The Morgan fingerprint density at radius 1 is 1.28 bits per heavy atom. The van der Waals surface area contributed by atoms with E-state index in [0.29, 0.717) is 18.2 Å². The molecule has 0 unspecified atom stereocenters. The Balaban J connectivity index is 1.61. The van der Waals surface area contributed by atoms with E-state index in [2.05, 4.69) is 32.8 Å². The van der Waals surface area contributed by atoms with Crippen molar-refractivity contribution in [1.82, 2.24) is 24.8 Å². The molecule has 0 radical (unpaired) electrons. The van der Waals surface area contributed by atoms with Gasteiger partial charge in [0.15, 0.2) is 5.16 Å². The van der Waals surface area contributed by atoms with Crippen molar-refractivity contribution < 1.29 is 4.79 Å². The summed E-state index contributed by atoms with van der Waals surface area (Å²) in [6.07, 6.45) is 5.00. The third kappa shape index (κ3) is 4.08. The van der Waals surface area contributed by atoms with Crippen molar-refractivity contribution in [3.8, 4) is 0 Å². The number of carbonyl (C=O) groups is 1. The molecule has 0 saturated carbocycles. The van der Waals surface area contributed by atoms with Gasteiger partial charge in [0.25, 0.3) is 11.5 Å². The molecule has 2 aromatic rings. The second-order valence-corrected chi connectivity index (χ2v) is 6.77. The number of hydrogen-bond acceptors (Lipinski definition) is 6. The average molecular weight is 359 g/mol. The van der Waals surface area contributed by atoms with Gasteiger partial charge in [-0.1, -0.05) is 17.8 Å². The minimum atomic E-state index is -0.379. The number of hydrogen-bond donors (Lipinski definition) is 1. The molecule has 7 nitrogen and oxygen atoms in total. The summed E-state index contributed by atoms with van der Waals surface area (Å²) in [6.45, 7) is 5.54. The number of amides is 1. The summed E-state index contributed by atoms with van der Waals surface area (Å²) in [5.74, 6) is -0.255. The first-order chi connectivity index (χ1) is 12.1. The molecule has 2 aromatic heterocycles. The minimum Gasteiger partial charge on any atom is -0.336 e. The minimum absolute atomic E-state index is 0.104. The number of pyridine rings is 1. The van der Waals surface area contributed by atoms with Gasteiger partial charge in [0, 0.05) is 45.1 Å². The summed E-state index contributed by atoms with van der Waals surface area (Å²) < 4.78 is 0. The Morgan fingerprint density at radius 2 is 2.04 bits per heavy atom. The van der Waals surface area contributed by atoms with Gasteiger partial charge in [-0.2, -0.15) is 0 Å². The lowest BCUT2D eigenvalue weighted by Gasteiger charge is -2.34. The molecule has 3 heterocycles. The number of nitrogens with one attached hydrogen (secondary N) is 1. The van der Waals surface area contributed by atoms with Crippen LogP contribution < -0.4 is 5.56 Å². The van der Waals surface area contributed by atoms with Gasteiger partial charge < -0.3 is 9.88 Å². The van der Waals surface area contributed by atoms with E-state index in [1.54, 1.807) is 11.1 Å². The number of thioether (sulfide) groups is 1. The molecule has 8 heteroatoms. The molecule has 1 aliphatic rings. The number of piperazine rings is 1. The Hall–Kier alpha value is -2.19. The molecule has 0 spiro atoms. The molecule has 1 saturated heterocycles. The lowest BCUT2D eigenvalue weighted by Crippen LogP contribution is -2.49. The smallest absolute Gasteiger partial charge is 0.264 e. The zero-order valence-electron chi connectivity index (χ0n) is 14.4. The molecule has 1 aliphatic heterocycles. The van der Waals surface area contributed by atoms with E-state index in [0.717, 1.165) is 25.3 Å². The average Bonchev–Trinajstić information content (AvgIpc) is 2.63. The van der Waals surface area contributed by atoms with Gasteiger partial charge in [0.2, 0.25) is 0 Å². The molecule has 0 aromatic carbocycles. The summed E-state index contributed by atoms with van der Waals surface area (Å²) in [4.78, 5) is 39.8. The highest BCUT2D eigenvalue weighted by molar-refractivity contribution is 7.98. The van der Waals surface area contributed by atoms with Crippen molar-refractivity contribution in [2.45, 2.75) is 18.6 Å². The van der Waals surface area contributed by atoms with Crippen molar-refractivity contribution in [3.63, 3.8) is 0 Å². The van der Waals surface area contributed by atoms with E-state index in [1.807, 2.05) is 12.3 Å². The third-order valence-electron chi connectivity index (χ3n) is 4.35. The van der Waals surface area contributed by atoms with Crippen molar-refractivity contribution in [3.05, 3.63) is 51.7 Å². The zero-order valence-corrected chi connectivity index (χ0v) is 15.2. The van der Waals surface area contributed by atoms with Gasteiger partial charge in [0.1, 0.15) is 5.56 Å².